The van der Waals surface area contributed by atoms with Crippen LogP contribution in [0.4, 0.5) is 0 Å². The predicted molar refractivity (Wildman–Crippen MR) is 66.2 cm³/mol. The van der Waals surface area contributed by atoms with Crippen molar-refractivity contribution < 1.29 is 4.74 Å². The molecule has 2 rings (SSSR count). The van der Waals surface area contributed by atoms with Gasteiger partial charge in [0.05, 0.1) is 12.7 Å². The average molecular weight is 217 g/mol. The van der Waals surface area contributed by atoms with Gasteiger partial charge in [-0.15, -0.1) is 0 Å². The summed E-state index contributed by atoms with van der Waals surface area (Å²) in [5.74, 6) is 0. The molecule has 0 aromatic heterocycles. The number of ether oxygens (including phenoxy) is 1. The summed E-state index contributed by atoms with van der Waals surface area (Å²) < 4.78 is 5.87. The third kappa shape index (κ3) is 2.94. The molecule has 16 heavy (non-hydrogen) atoms. The fourth-order valence-electron chi connectivity index (χ4n) is 1.99. The molecule has 1 aromatic rings. The van der Waals surface area contributed by atoms with Gasteiger partial charge in [0.15, 0.2) is 0 Å². The summed E-state index contributed by atoms with van der Waals surface area (Å²) in [7, 11) is 0. The zero-order valence-electron chi connectivity index (χ0n) is 9.78. The van der Waals surface area contributed by atoms with E-state index in [0.29, 0.717) is 18.8 Å². The van der Waals surface area contributed by atoms with Gasteiger partial charge < -0.3 is 10.1 Å². The Hall–Kier alpha value is -1.12. The van der Waals surface area contributed by atoms with Crippen LogP contribution < -0.4 is 5.32 Å². The molecule has 2 atom stereocenters. The van der Waals surface area contributed by atoms with E-state index in [1.165, 1.54) is 11.1 Å². The summed E-state index contributed by atoms with van der Waals surface area (Å²) in [6.45, 7) is 7.68. The maximum atomic E-state index is 5.87. The topological polar surface area (TPSA) is 21.3 Å². The van der Waals surface area contributed by atoms with Crippen molar-refractivity contribution in [1.29, 1.82) is 0 Å². The van der Waals surface area contributed by atoms with Gasteiger partial charge in [0.25, 0.3) is 0 Å². The van der Waals surface area contributed by atoms with Crippen LogP contribution in [0.2, 0.25) is 0 Å². The molecule has 0 bridgehead atoms. The van der Waals surface area contributed by atoms with Crippen molar-refractivity contribution in [3.8, 4) is 0 Å². The van der Waals surface area contributed by atoms with E-state index >= 15 is 0 Å². The molecule has 1 saturated heterocycles. The molecule has 0 aliphatic carbocycles. The highest BCUT2D eigenvalue weighted by molar-refractivity contribution is 5.13. The largest absolute Gasteiger partial charge is 0.372 e. The van der Waals surface area contributed by atoms with Crippen molar-refractivity contribution >= 4 is 0 Å². The number of hydrogen-bond donors (Lipinski definition) is 1. The highest BCUT2D eigenvalue weighted by atomic mass is 16.5. The highest BCUT2D eigenvalue weighted by Gasteiger charge is 2.24. The molecule has 2 heteroatoms. The lowest BCUT2D eigenvalue weighted by Gasteiger charge is -2.11. The van der Waals surface area contributed by atoms with E-state index in [-0.39, 0.29) is 0 Å². The normalized spacial score (nSPS) is 24.6. The smallest absolute Gasteiger partial charge is 0.0722 e. The molecular weight excluding hydrogens is 198 g/mol. The number of benzene rings is 1. The van der Waals surface area contributed by atoms with Crippen LogP contribution in [0.25, 0.3) is 0 Å². The molecule has 86 valence electrons. The van der Waals surface area contributed by atoms with Crippen molar-refractivity contribution in [2.75, 3.05) is 6.54 Å². The Morgan fingerprint density at radius 1 is 1.44 bits per heavy atom. The van der Waals surface area contributed by atoms with Gasteiger partial charge in [0.1, 0.15) is 0 Å². The number of rotatable bonds is 4. The van der Waals surface area contributed by atoms with Gasteiger partial charge in [-0.2, -0.15) is 0 Å². The highest BCUT2D eigenvalue weighted by Crippen LogP contribution is 2.16. The van der Waals surface area contributed by atoms with E-state index in [2.05, 4.69) is 31.0 Å². The first-order chi connectivity index (χ1) is 7.75. The molecule has 1 fully saturated rings. The summed E-state index contributed by atoms with van der Waals surface area (Å²) in [6, 6.07) is 10.7. The second-order valence-electron chi connectivity index (χ2n) is 4.46. The van der Waals surface area contributed by atoms with E-state index in [1.807, 2.05) is 18.2 Å². The third-order valence-electron chi connectivity index (χ3n) is 3.01. The third-order valence-corrected chi connectivity index (χ3v) is 3.01. The Labute approximate surface area is 97.3 Å². The maximum Gasteiger partial charge on any atom is 0.0722 e. The van der Waals surface area contributed by atoms with Gasteiger partial charge in [-0.3, -0.25) is 0 Å². The molecule has 1 heterocycles. The number of hydrogen-bond acceptors (Lipinski definition) is 2. The summed E-state index contributed by atoms with van der Waals surface area (Å²) in [4.78, 5) is 0. The zero-order valence-corrected chi connectivity index (χ0v) is 9.78. The minimum absolute atomic E-state index is 0.321. The summed E-state index contributed by atoms with van der Waals surface area (Å²) in [6.07, 6.45) is 1.37. The zero-order chi connectivity index (χ0) is 11.4. The Kier molecular flexibility index (Phi) is 3.75. The van der Waals surface area contributed by atoms with Crippen LogP contribution in [0, 0.1) is 0 Å². The lowest BCUT2D eigenvalue weighted by Crippen LogP contribution is -2.22. The van der Waals surface area contributed by atoms with Crippen LogP contribution >= 0.6 is 0 Å². The quantitative estimate of drug-likeness (QED) is 0.782. The van der Waals surface area contributed by atoms with Crippen LogP contribution in [0.15, 0.2) is 42.5 Å². The Morgan fingerprint density at radius 2 is 2.19 bits per heavy atom. The minimum Gasteiger partial charge on any atom is -0.372 e. The molecule has 0 amide bonds. The van der Waals surface area contributed by atoms with Crippen molar-refractivity contribution in [3.63, 3.8) is 0 Å². The lowest BCUT2D eigenvalue weighted by molar-refractivity contribution is 0.0531. The Morgan fingerprint density at radius 3 is 2.81 bits per heavy atom. The molecule has 1 N–H and O–H groups in total. The SMILES string of the molecule is C=C(C)[C@@H]1CC(OCc2ccccc2)CN1. The van der Waals surface area contributed by atoms with Crippen molar-refractivity contribution in [1.82, 2.24) is 5.32 Å². The van der Waals surface area contributed by atoms with Gasteiger partial charge in [-0.25, -0.2) is 0 Å². The van der Waals surface area contributed by atoms with Crippen molar-refractivity contribution in [3.05, 3.63) is 48.0 Å². The molecule has 1 aliphatic heterocycles. The van der Waals surface area contributed by atoms with Crippen molar-refractivity contribution in [2.45, 2.75) is 32.1 Å². The average Bonchev–Trinajstić information content (AvgIpc) is 2.76. The predicted octanol–water partition coefficient (Wildman–Crippen LogP) is 2.51. The lowest BCUT2D eigenvalue weighted by atomic mass is 10.1. The van der Waals surface area contributed by atoms with Gasteiger partial charge in [0, 0.05) is 12.6 Å². The molecule has 1 aromatic carbocycles. The number of nitrogens with one attached hydrogen (secondary N) is 1. The molecule has 1 aliphatic rings. The van der Waals surface area contributed by atoms with Crippen LogP contribution in [-0.2, 0) is 11.3 Å². The Balaban J connectivity index is 1.78. The second kappa shape index (κ2) is 5.28. The van der Waals surface area contributed by atoms with E-state index in [1.54, 1.807) is 0 Å². The minimum atomic E-state index is 0.321. The standard InChI is InChI=1S/C14H19NO/c1-11(2)14-8-13(9-15-14)16-10-12-6-4-3-5-7-12/h3-7,13-15H,1,8-10H2,2H3/t13?,14-/m0/s1. The van der Waals surface area contributed by atoms with Gasteiger partial charge in [0.2, 0.25) is 0 Å². The van der Waals surface area contributed by atoms with Crippen LogP contribution in [0.3, 0.4) is 0 Å². The monoisotopic (exact) mass is 217 g/mol. The first-order valence-electron chi connectivity index (χ1n) is 5.80. The van der Waals surface area contributed by atoms with Gasteiger partial charge in [-0.1, -0.05) is 42.5 Å². The molecule has 0 spiro atoms. The Bertz CT molecular complexity index is 347. The second-order valence-corrected chi connectivity index (χ2v) is 4.46. The first-order valence-corrected chi connectivity index (χ1v) is 5.80. The maximum absolute atomic E-state index is 5.87. The fraction of sp³-hybridized carbons (Fsp3) is 0.429. The molecule has 0 radical (unpaired) electrons. The van der Waals surface area contributed by atoms with E-state index in [0.717, 1.165) is 13.0 Å². The van der Waals surface area contributed by atoms with E-state index in [4.69, 9.17) is 4.74 Å². The summed E-state index contributed by atoms with van der Waals surface area (Å²) in [5, 5.41) is 3.42. The first kappa shape index (κ1) is 11.4. The fourth-order valence-corrected chi connectivity index (χ4v) is 1.99. The molecule has 2 nitrogen and oxygen atoms in total. The van der Waals surface area contributed by atoms with Gasteiger partial charge in [-0.05, 0) is 18.9 Å². The van der Waals surface area contributed by atoms with E-state index < -0.39 is 0 Å². The molecular formula is C14H19NO. The van der Waals surface area contributed by atoms with Gasteiger partial charge >= 0.3 is 0 Å². The summed E-state index contributed by atoms with van der Waals surface area (Å²) in [5.41, 5.74) is 2.44. The van der Waals surface area contributed by atoms with E-state index in [9.17, 15) is 0 Å². The summed E-state index contributed by atoms with van der Waals surface area (Å²) >= 11 is 0. The molecule has 1 unspecified atom stereocenters. The molecule has 0 saturated carbocycles. The van der Waals surface area contributed by atoms with Crippen molar-refractivity contribution in [2.24, 2.45) is 0 Å². The van der Waals surface area contributed by atoms with Crippen LogP contribution in [0.1, 0.15) is 18.9 Å². The van der Waals surface area contributed by atoms with Crippen LogP contribution in [0.5, 0.6) is 0 Å². The van der Waals surface area contributed by atoms with Crippen LogP contribution in [-0.4, -0.2) is 18.7 Å².